The molecule has 3 nitrogen and oxygen atoms in total. The number of ketones is 1. The van der Waals surface area contributed by atoms with E-state index in [0.717, 1.165) is 5.56 Å². The van der Waals surface area contributed by atoms with Crippen LogP contribution in [0.1, 0.15) is 11.5 Å². The van der Waals surface area contributed by atoms with E-state index in [1.807, 2.05) is 38.4 Å². The van der Waals surface area contributed by atoms with Gasteiger partial charge in [0, 0.05) is 0 Å². The summed E-state index contributed by atoms with van der Waals surface area (Å²) in [6.45, 7) is 0.299. The Morgan fingerprint density at radius 2 is 2.00 bits per heavy atom. The van der Waals surface area contributed by atoms with Crippen LogP contribution < -0.4 is 0 Å². The van der Waals surface area contributed by atoms with E-state index in [1.54, 1.807) is 17.0 Å². The second-order valence-electron chi connectivity index (χ2n) is 3.68. The van der Waals surface area contributed by atoms with Gasteiger partial charge in [0.1, 0.15) is 5.92 Å². The molecule has 1 atom stereocenters. The van der Waals surface area contributed by atoms with Crippen molar-refractivity contribution in [2.45, 2.75) is 5.92 Å². The van der Waals surface area contributed by atoms with Crippen molar-refractivity contribution in [1.29, 1.82) is 5.26 Å². The topological polar surface area (TPSA) is 44.1 Å². The summed E-state index contributed by atoms with van der Waals surface area (Å²) in [4.78, 5) is 13.5. The predicted molar refractivity (Wildman–Crippen MR) is 58.4 cm³/mol. The lowest BCUT2D eigenvalue weighted by Crippen LogP contribution is -2.25. The second-order valence-corrected chi connectivity index (χ2v) is 3.68. The van der Waals surface area contributed by atoms with E-state index in [4.69, 9.17) is 5.26 Å². The second kappa shape index (κ2) is 5.28. The fourth-order valence-corrected chi connectivity index (χ4v) is 1.38. The first-order valence-electron chi connectivity index (χ1n) is 4.77. The fourth-order valence-electron chi connectivity index (χ4n) is 1.38. The number of carbonyl (C=O) groups excluding carboxylic acids is 1. The van der Waals surface area contributed by atoms with Gasteiger partial charge < -0.3 is 4.90 Å². The molecule has 0 saturated heterocycles. The summed E-state index contributed by atoms with van der Waals surface area (Å²) in [6, 6.07) is 11.2. The van der Waals surface area contributed by atoms with Crippen molar-refractivity contribution in [2.75, 3.05) is 20.6 Å². The predicted octanol–water partition coefficient (Wildman–Crippen LogP) is 1.42. The third-order valence-corrected chi connectivity index (χ3v) is 2.06. The molecule has 0 aliphatic rings. The number of hydrogen-bond acceptors (Lipinski definition) is 3. The minimum Gasteiger partial charge on any atom is -0.302 e. The van der Waals surface area contributed by atoms with Crippen LogP contribution in [-0.2, 0) is 4.79 Å². The Kier molecular flexibility index (Phi) is 4.02. The molecular weight excluding hydrogens is 188 g/mol. The van der Waals surface area contributed by atoms with Gasteiger partial charge in [0.15, 0.2) is 5.78 Å². The van der Waals surface area contributed by atoms with Gasteiger partial charge in [-0.25, -0.2) is 0 Å². The summed E-state index contributed by atoms with van der Waals surface area (Å²) in [7, 11) is 3.63. The normalized spacial score (nSPS) is 12.1. The van der Waals surface area contributed by atoms with Crippen LogP contribution in [-0.4, -0.2) is 31.3 Å². The molecule has 0 unspecified atom stereocenters. The van der Waals surface area contributed by atoms with Crippen molar-refractivity contribution in [3.05, 3.63) is 35.9 Å². The SMILES string of the molecule is CN(C)CC(=O)[C@H](C#N)c1ccccc1. The molecule has 3 heteroatoms. The standard InChI is InChI=1S/C12H14N2O/c1-14(2)9-12(15)11(8-13)10-6-4-3-5-7-10/h3-7,11H,9H2,1-2H3/t11-/m1/s1. The smallest absolute Gasteiger partial charge is 0.168 e. The Morgan fingerprint density at radius 3 is 2.47 bits per heavy atom. The Labute approximate surface area is 89.9 Å². The molecule has 0 aliphatic carbocycles. The van der Waals surface area contributed by atoms with Gasteiger partial charge in [0.05, 0.1) is 12.6 Å². The summed E-state index contributed by atoms with van der Waals surface area (Å²) < 4.78 is 0. The molecule has 0 saturated carbocycles. The summed E-state index contributed by atoms with van der Waals surface area (Å²) in [6.07, 6.45) is 0. The molecule has 78 valence electrons. The molecule has 1 rings (SSSR count). The average Bonchev–Trinajstić information content (AvgIpc) is 2.19. The molecule has 0 N–H and O–H groups in total. The molecule has 0 spiro atoms. The van der Waals surface area contributed by atoms with Crippen LogP contribution in [0.15, 0.2) is 30.3 Å². The maximum Gasteiger partial charge on any atom is 0.168 e. The summed E-state index contributed by atoms with van der Waals surface area (Å²) >= 11 is 0. The first-order chi connectivity index (χ1) is 7.15. The van der Waals surface area contributed by atoms with E-state index in [0.29, 0.717) is 6.54 Å². The summed E-state index contributed by atoms with van der Waals surface area (Å²) in [5, 5.41) is 8.97. The van der Waals surface area contributed by atoms with Gasteiger partial charge in [-0.15, -0.1) is 0 Å². The molecule has 0 amide bonds. The minimum atomic E-state index is -0.645. The van der Waals surface area contributed by atoms with Crippen molar-refractivity contribution in [3.63, 3.8) is 0 Å². The highest BCUT2D eigenvalue weighted by molar-refractivity contribution is 5.89. The van der Waals surface area contributed by atoms with Crippen LogP contribution in [0.25, 0.3) is 0 Å². The lowest BCUT2D eigenvalue weighted by atomic mass is 9.96. The number of carbonyl (C=O) groups is 1. The zero-order chi connectivity index (χ0) is 11.3. The third-order valence-electron chi connectivity index (χ3n) is 2.06. The number of likely N-dealkylation sites (N-methyl/N-ethyl adjacent to an activating group) is 1. The Bertz CT molecular complexity index is 365. The molecule has 0 bridgehead atoms. The average molecular weight is 202 g/mol. The molecule has 0 aliphatic heterocycles. The van der Waals surface area contributed by atoms with Gasteiger partial charge in [-0.3, -0.25) is 4.79 Å². The van der Waals surface area contributed by atoms with Crippen LogP contribution in [0.4, 0.5) is 0 Å². The highest BCUT2D eigenvalue weighted by Gasteiger charge is 2.19. The van der Waals surface area contributed by atoms with Gasteiger partial charge >= 0.3 is 0 Å². The molecule has 0 aromatic heterocycles. The molecule has 1 aromatic rings. The Morgan fingerprint density at radius 1 is 1.40 bits per heavy atom. The zero-order valence-corrected chi connectivity index (χ0v) is 8.97. The maximum absolute atomic E-state index is 11.7. The quantitative estimate of drug-likeness (QED) is 0.741. The van der Waals surface area contributed by atoms with E-state index in [-0.39, 0.29) is 5.78 Å². The van der Waals surface area contributed by atoms with Crippen LogP contribution in [0, 0.1) is 11.3 Å². The summed E-state index contributed by atoms with van der Waals surface area (Å²) in [5.41, 5.74) is 0.770. The fraction of sp³-hybridized carbons (Fsp3) is 0.333. The van der Waals surface area contributed by atoms with Crippen LogP contribution >= 0.6 is 0 Å². The Balaban J connectivity index is 2.82. The number of nitrogens with zero attached hydrogens (tertiary/aromatic N) is 2. The van der Waals surface area contributed by atoms with E-state index in [1.165, 1.54) is 0 Å². The van der Waals surface area contributed by atoms with Gasteiger partial charge in [-0.05, 0) is 19.7 Å². The lowest BCUT2D eigenvalue weighted by Gasteiger charge is -2.12. The number of Topliss-reactive ketones (excluding diaryl/α,β-unsaturated/α-hetero) is 1. The number of rotatable bonds is 4. The third kappa shape index (κ3) is 3.19. The van der Waals surface area contributed by atoms with Gasteiger partial charge in [0.25, 0.3) is 0 Å². The molecular formula is C12H14N2O. The van der Waals surface area contributed by atoms with Crippen molar-refractivity contribution < 1.29 is 4.79 Å². The molecule has 0 heterocycles. The maximum atomic E-state index is 11.7. The monoisotopic (exact) mass is 202 g/mol. The highest BCUT2D eigenvalue weighted by Crippen LogP contribution is 2.15. The number of nitriles is 1. The largest absolute Gasteiger partial charge is 0.302 e. The van der Waals surface area contributed by atoms with Crippen molar-refractivity contribution >= 4 is 5.78 Å². The molecule has 0 radical (unpaired) electrons. The minimum absolute atomic E-state index is 0.0614. The van der Waals surface area contributed by atoms with E-state index < -0.39 is 5.92 Å². The summed E-state index contributed by atoms with van der Waals surface area (Å²) in [5.74, 6) is -0.706. The van der Waals surface area contributed by atoms with E-state index in [9.17, 15) is 4.79 Å². The molecule has 0 fully saturated rings. The Hall–Kier alpha value is -1.66. The van der Waals surface area contributed by atoms with E-state index in [2.05, 4.69) is 0 Å². The highest BCUT2D eigenvalue weighted by atomic mass is 16.1. The number of benzene rings is 1. The van der Waals surface area contributed by atoms with Crippen molar-refractivity contribution in [1.82, 2.24) is 4.90 Å². The lowest BCUT2D eigenvalue weighted by molar-refractivity contribution is -0.119. The first kappa shape index (κ1) is 11.4. The zero-order valence-electron chi connectivity index (χ0n) is 8.97. The molecule has 1 aromatic carbocycles. The van der Waals surface area contributed by atoms with Crippen LogP contribution in [0.2, 0.25) is 0 Å². The number of hydrogen-bond donors (Lipinski definition) is 0. The van der Waals surface area contributed by atoms with Crippen LogP contribution in [0.3, 0.4) is 0 Å². The van der Waals surface area contributed by atoms with Crippen LogP contribution in [0.5, 0.6) is 0 Å². The van der Waals surface area contributed by atoms with Gasteiger partial charge in [-0.2, -0.15) is 5.26 Å². The van der Waals surface area contributed by atoms with Gasteiger partial charge in [0.2, 0.25) is 0 Å². The van der Waals surface area contributed by atoms with Crippen molar-refractivity contribution in [2.24, 2.45) is 0 Å². The first-order valence-corrected chi connectivity index (χ1v) is 4.77. The van der Waals surface area contributed by atoms with Gasteiger partial charge in [-0.1, -0.05) is 30.3 Å². The van der Waals surface area contributed by atoms with Crippen molar-refractivity contribution in [3.8, 4) is 6.07 Å². The molecule has 15 heavy (non-hydrogen) atoms. The van der Waals surface area contributed by atoms with E-state index >= 15 is 0 Å².